The van der Waals surface area contributed by atoms with Gasteiger partial charge < -0.3 is 5.32 Å². The van der Waals surface area contributed by atoms with Crippen molar-refractivity contribution in [2.75, 3.05) is 6.54 Å². The molecule has 0 fully saturated rings. The molecule has 16 heavy (non-hydrogen) atoms. The predicted octanol–water partition coefficient (Wildman–Crippen LogP) is 3.81. The van der Waals surface area contributed by atoms with E-state index in [1.807, 2.05) is 0 Å². The number of hydrogen-bond acceptors (Lipinski definition) is 1. The molecule has 1 rings (SSSR count). The molecular formula is C15H25N. The van der Waals surface area contributed by atoms with Gasteiger partial charge in [0.15, 0.2) is 0 Å². The summed E-state index contributed by atoms with van der Waals surface area (Å²) in [6, 6.07) is 11.5. The molecule has 1 aromatic rings. The van der Waals surface area contributed by atoms with E-state index in [1.165, 1.54) is 12.0 Å². The van der Waals surface area contributed by atoms with Gasteiger partial charge in [0.05, 0.1) is 0 Å². The van der Waals surface area contributed by atoms with Crippen molar-refractivity contribution in [1.82, 2.24) is 5.32 Å². The number of rotatable bonds is 6. The molecule has 2 atom stereocenters. The van der Waals surface area contributed by atoms with E-state index in [-0.39, 0.29) is 0 Å². The Bertz CT molecular complexity index is 279. The first-order valence-corrected chi connectivity index (χ1v) is 6.49. The van der Waals surface area contributed by atoms with Crippen LogP contribution in [-0.2, 0) is 0 Å². The Balaban J connectivity index is 2.86. The van der Waals surface area contributed by atoms with Gasteiger partial charge in [-0.3, -0.25) is 0 Å². The second-order valence-corrected chi connectivity index (χ2v) is 4.75. The van der Waals surface area contributed by atoms with Crippen LogP contribution in [-0.4, -0.2) is 12.6 Å². The quantitative estimate of drug-likeness (QED) is 0.767. The van der Waals surface area contributed by atoms with E-state index in [2.05, 4.69) is 63.3 Å². The SMILES string of the molecule is CCNC(C(C)C)C(CC)c1ccccc1. The van der Waals surface area contributed by atoms with Crippen LogP contribution in [0.4, 0.5) is 0 Å². The minimum Gasteiger partial charge on any atom is -0.313 e. The molecule has 0 saturated carbocycles. The second kappa shape index (κ2) is 6.70. The molecule has 0 aliphatic heterocycles. The Morgan fingerprint density at radius 3 is 2.12 bits per heavy atom. The summed E-state index contributed by atoms with van der Waals surface area (Å²) in [5.41, 5.74) is 1.46. The Labute approximate surface area is 100 Å². The molecule has 1 aromatic carbocycles. The smallest absolute Gasteiger partial charge is 0.0158 e. The molecule has 0 aliphatic carbocycles. The van der Waals surface area contributed by atoms with E-state index in [9.17, 15) is 0 Å². The van der Waals surface area contributed by atoms with Gasteiger partial charge in [0.25, 0.3) is 0 Å². The summed E-state index contributed by atoms with van der Waals surface area (Å²) in [6.45, 7) is 10.1. The predicted molar refractivity (Wildman–Crippen MR) is 71.8 cm³/mol. The van der Waals surface area contributed by atoms with Crippen molar-refractivity contribution in [2.24, 2.45) is 5.92 Å². The minimum absolute atomic E-state index is 0.581. The first-order valence-electron chi connectivity index (χ1n) is 6.49. The van der Waals surface area contributed by atoms with Gasteiger partial charge in [0.1, 0.15) is 0 Å². The lowest BCUT2D eigenvalue weighted by Crippen LogP contribution is -2.39. The van der Waals surface area contributed by atoms with Crippen molar-refractivity contribution in [3.05, 3.63) is 35.9 Å². The summed E-state index contributed by atoms with van der Waals surface area (Å²) in [5.74, 6) is 1.30. The summed E-state index contributed by atoms with van der Waals surface area (Å²) in [6.07, 6.45) is 1.19. The lowest BCUT2D eigenvalue weighted by Gasteiger charge is -2.30. The topological polar surface area (TPSA) is 12.0 Å². The van der Waals surface area contributed by atoms with Gasteiger partial charge >= 0.3 is 0 Å². The molecule has 0 aliphatic rings. The summed E-state index contributed by atoms with van der Waals surface area (Å²) >= 11 is 0. The average molecular weight is 219 g/mol. The average Bonchev–Trinajstić information content (AvgIpc) is 2.30. The van der Waals surface area contributed by atoms with Crippen LogP contribution in [0.1, 0.15) is 45.6 Å². The molecule has 1 heteroatoms. The summed E-state index contributed by atoms with van der Waals surface area (Å²) in [4.78, 5) is 0. The van der Waals surface area contributed by atoms with Gasteiger partial charge in [-0.25, -0.2) is 0 Å². The normalized spacial score (nSPS) is 15.1. The van der Waals surface area contributed by atoms with Gasteiger partial charge in [-0.05, 0) is 30.4 Å². The third kappa shape index (κ3) is 3.34. The van der Waals surface area contributed by atoms with Crippen LogP contribution >= 0.6 is 0 Å². The van der Waals surface area contributed by atoms with Crippen molar-refractivity contribution in [3.8, 4) is 0 Å². The van der Waals surface area contributed by atoms with Crippen LogP contribution in [0.25, 0.3) is 0 Å². The van der Waals surface area contributed by atoms with Gasteiger partial charge in [-0.1, -0.05) is 58.0 Å². The zero-order chi connectivity index (χ0) is 12.0. The van der Waals surface area contributed by atoms with Crippen molar-refractivity contribution in [3.63, 3.8) is 0 Å². The molecule has 0 bridgehead atoms. The monoisotopic (exact) mass is 219 g/mol. The van der Waals surface area contributed by atoms with Gasteiger partial charge in [-0.15, -0.1) is 0 Å². The third-order valence-electron chi connectivity index (χ3n) is 3.26. The zero-order valence-corrected chi connectivity index (χ0v) is 11.0. The minimum atomic E-state index is 0.581. The molecule has 0 saturated heterocycles. The van der Waals surface area contributed by atoms with Gasteiger partial charge in [0.2, 0.25) is 0 Å². The Kier molecular flexibility index (Phi) is 5.54. The maximum Gasteiger partial charge on any atom is 0.0158 e. The van der Waals surface area contributed by atoms with Crippen molar-refractivity contribution in [1.29, 1.82) is 0 Å². The van der Waals surface area contributed by atoms with Crippen molar-refractivity contribution >= 4 is 0 Å². The van der Waals surface area contributed by atoms with Crippen LogP contribution in [0, 0.1) is 5.92 Å². The molecule has 0 aromatic heterocycles. The molecule has 0 heterocycles. The number of benzene rings is 1. The second-order valence-electron chi connectivity index (χ2n) is 4.75. The highest BCUT2D eigenvalue weighted by molar-refractivity contribution is 5.21. The Morgan fingerprint density at radius 1 is 1.06 bits per heavy atom. The van der Waals surface area contributed by atoms with Gasteiger partial charge in [0, 0.05) is 6.04 Å². The highest BCUT2D eigenvalue weighted by Gasteiger charge is 2.23. The fourth-order valence-electron chi connectivity index (χ4n) is 2.48. The van der Waals surface area contributed by atoms with E-state index < -0.39 is 0 Å². The summed E-state index contributed by atoms with van der Waals surface area (Å²) < 4.78 is 0. The van der Waals surface area contributed by atoms with Crippen LogP contribution < -0.4 is 5.32 Å². The number of likely N-dealkylation sites (N-methyl/N-ethyl adjacent to an activating group) is 1. The fourth-order valence-corrected chi connectivity index (χ4v) is 2.48. The van der Waals surface area contributed by atoms with Crippen LogP contribution in [0.3, 0.4) is 0 Å². The zero-order valence-electron chi connectivity index (χ0n) is 11.0. The highest BCUT2D eigenvalue weighted by Crippen LogP contribution is 2.27. The van der Waals surface area contributed by atoms with E-state index in [4.69, 9.17) is 0 Å². The Morgan fingerprint density at radius 2 is 1.69 bits per heavy atom. The molecule has 1 N–H and O–H groups in total. The highest BCUT2D eigenvalue weighted by atomic mass is 14.9. The Hall–Kier alpha value is -0.820. The van der Waals surface area contributed by atoms with Crippen LogP contribution in [0.2, 0.25) is 0 Å². The molecule has 0 spiro atoms. The summed E-state index contributed by atoms with van der Waals surface area (Å²) in [5, 5.41) is 3.63. The molecule has 0 radical (unpaired) electrons. The number of nitrogens with one attached hydrogen (secondary N) is 1. The standard InChI is InChI=1S/C15H25N/c1-5-14(13-10-8-7-9-11-13)15(12(3)4)16-6-2/h7-12,14-16H,5-6H2,1-4H3. The molecule has 1 nitrogen and oxygen atoms in total. The first-order chi connectivity index (χ1) is 7.70. The molecule has 2 unspecified atom stereocenters. The first kappa shape index (κ1) is 13.2. The van der Waals surface area contributed by atoms with Gasteiger partial charge in [-0.2, -0.15) is 0 Å². The van der Waals surface area contributed by atoms with Crippen molar-refractivity contribution in [2.45, 2.75) is 46.1 Å². The lowest BCUT2D eigenvalue weighted by molar-refractivity contribution is 0.341. The van der Waals surface area contributed by atoms with E-state index in [1.54, 1.807) is 0 Å². The number of hydrogen-bond donors (Lipinski definition) is 1. The maximum atomic E-state index is 3.63. The van der Waals surface area contributed by atoms with Crippen LogP contribution in [0.15, 0.2) is 30.3 Å². The van der Waals surface area contributed by atoms with E-state index >= 15 is 0 Å². The maximum absolute atomic E-state index is 3.63. The largest absolute Gasteiger partial charge is 0.313 e. The molecule has 90 valence electrons. The third-order valence-corrected chi connectivity index (χ3v) is 3.26. The van der Waals surface area contributed by atoms with Crippen molar-refractivity contribution < 1.29 is 0 Å². The van der Waals surface area contributed by atoms with E-state index in [0.29, 0.717) is 17.9 Å². The summed E-state index contributed by atoms with van der Waals surface area (Å²) in [7, 11) is 0. The lowest BCUT2D eigenvalue weighted by atomic mass is 9.83. The molecular weight excluding hydrogens is 194 g/mol. The molecule has 0 amide bonds. The van der Waals surface area contributed by atoms with Crippen LogP contribution in [0.5, 0.6) is 0 Å². The van der Waals surface area contributed by atoms with E-state index in [0.717, 1.165) is 6.54 Å². The fraction of sp³-hybridized carbons (Fsp3) is 0.600.